The minimum Gasteiger partial charge on any atom is -0.347 e. The number of nitrogens with two attached hydrogens (primary N) is 1. The van der Waals surface area contributed by atoms with Gasteiger partial charge in [0.1, 0.15) is 9.84 Å². The van der Waals surface area contributed by atoms with E-state index in [9.17, 15) is 8.42 Å². The molecule has 0 radical (unpaired) electrons. The summed E-state index contributed by atoms with van der Waals surface area (Å²) in [5.74, 6) is 0.220. The molecule has 1 aromatic heterocycles. The topological polar surface area (TPSA) is 65.1 Å². The van der Waals surface area contributed by atoms with Gasteiger partial charge in [-0.15, -0.1) is 0 Å². The van der Waals surface area contributed by atoms with Gasteiger partial charge in [-0.05, 0) is 23.4 Å². The summed E-state index contributed by atoms with van der Waals surface area (Å²) in [6, 6.07) is 8.08. The summed E-state index contributed by atoms with van der Waals surface area (Å²) in [7, 11) is -2.88. The third-order valence-corrected chi connectivity index (χ3v) is 4.04. The van der Waals surface area contributed by atoms with Gasteiger partial charge in [0.2, 0.25) is 0 Å². The third kappa shape index (κ3) is 2.91. The van der Waals surface area contributed by atoms with Gasteiger partial charge < -0.3 is 10.3 Å². The highest BCUT2D eigenvalue weighted by molar-refractivity contribution is 7.90. The van der Waals surface area contributed by atoms with Gasteiger partial charge in [-0.3, -0.25) is 0 Å². The van der Waals surface area contributed by atoms with E-state index in [0.29, 0.717) is 19.5 Å². The van der Waals surface area contributed by atoms with Crippen LogP contribution in [0, 0.1) is 0 Å². The van der Waals surface area contributed by atoms with E-state index in [-0.39, 0.29) is 5.75 Å². The molecule has 18 heavy (non-hydrogen) atoms. The van der Waals surface area contributed by atoms with Gasteiger partial charge in [-0.1, -0.05) is 18.2 Å². The molecule has 2 N–H and O–H groups in total. The molecule has 0 aliphatic rings. The standard InChI is InChI=1S/C13H18N2O2S/c1-18(16,17)9-3-7-15-8-6-11-4-2-5-12(10-14)13(11)15/h2,4-6,8H,3,7,9-10,14H2,1H3. The van der Waals surface area contributed by atoms with Crippen LogP contribution in [0.15, 0.2) is 30.5 Å². The Morgan fingerprint density at radius 2 is 2.06 bits per heavy atom. The summed E-state index contributed by atoms with van der Waals surface area (Å²) in [4.78, 5) is 0. The first-order valence-electron chi connectivity index (χ1n) is 5.96. The SMILES string of the molecule is CS(=O)(=O)CCCn1ccc2cccc(CN)c21. The van der Waals surface area contributed by atoms with Gasteiger partial charge in [0.15, 0.2) is 0 Å². The molecule has 0 saturated heterocycles. The first-order valence-corrected chi connectivity index (χ1v) is 8.02. The number of sulfone groups is 1. The van der Waals surface area contributed by atoms with E-state index >= 15 is 0 Å². The highest BCUT2D eigenvalue weighted by atomic mass is 32.2. The number of benzene rings is 1. The van der Waals surface area contributed by atoms with Crippen LogP contribution in [0.5, 0.6) is 0 Å². The van der Waals surface area contributed by atoms with Crippen molar-refractivity contribution in [3.63, 3.8) is 0 Å². The van der Waals surface area contributed by atoms with Crippen molar-refractivity contribution in [3.05, 3.63) is 36.0 Å². The first-order chi connectivity index (χ1) is 8.51. The van der Waals surface area contributed by atoms with Crippen molar-refractivity contribution in [2.45, 2.75) is 19.5 Å². The van der Waals surface area contributed by atoms with Crippen molar-refractivity contribution in [3.8, 4) is 0 Å². The fraction of sp³-hybridized carbons (Fsp3) is 0.385. The zero-order valence-corrected chi connectivity index (χ0v) is 11.3. The number of aromatic nitrogens is 1. The van der Waals surface area contributed by atoms with Crippen LogP contribution in [0.4, 0.5) is 0 Å². The predicted octanol–water partition coefficient (Wildman–Crippen LogP) is 1.53. The second-order valence-corrected chi connectivity index (χ2v) is 6.81. The molecule has 0 aliphatic carbocycles. The van der Waals surface area contributed by atoms with Crippen LogP contribution in [0.2, 0.25) is 0 Å². The molecule has 0 unspecified atom stereocenters. The Morgan fingerprint density at radius 1 is 1.28 bits per heavy atom. The molecule has 2 rings (SSSR count). The van der Waals surface area contributed by atoms with Gasteiger partial charge in [-0.25, -0.2) is 8.42 Å². The Morgan fingerprint density at radius 3 is 2.72 bits per heavy atom. The van der Waals surface area contributed by atoms with Gasteiger partial charge in [0, 0.05) is 25.5 Å². The smallest absolute Gasteiger partial charge is 0.147 e. The van der Waals surface area contributed by atoms with Gasteiger partial charge in [0.25, 0.3) is 0 Å². The molecule has 1 aromatic carbocycles. The Kier molecular flexibility index (Phi) is 3.73. The summed E-state index contributed by atoms with van der Waals surface area (Å²) in [6.45, 7) is 1.20. The predicted molar refractivity (Wildman–Crippen MR) is 74.2 cm³/mol. The Balaban J connectivity index is 2.23. The fourth-order valence-corrected chi connectivity index (χ4v) is 2.84. The second-order valence-electron chi connectivity index (χ2n) is 4.55. The van der Waals surface area contributed by atoms with Gasteiger partial charge in [0.05, 0.1) is 11.3 Å². The number of aryl methyl sites for hydroxylation is 1. The molecule has 0 saturated carbocycles. The molecule has 0 bridgehead atoms. The normalized spacial score (nSPS) is 12.1. The highest BCUT2D eigenvalue weighted by Crippen LogP contribution is 2.20. The lowest BCUT2D eigenvalue weighted by molar-refractivity contribution is 0.593. The van der Waals surface area contributed by atoms with Crippen LogP contribution in [0.25, 0.3) is 10.9 Å². The van der Waals surface area contributed by atoms with Crippen LogP contribution in [-0.4, -0.2) is 25.0 Å². The zero-order chi connectivity index (χ0) is 13.2. The fourth-order valence-electron chi connectivity index (χ4n) is 2.19. The maximum atomic E-state index is 11.1. The molecule has 0 fully saturated rings. The number of nitrogens with zero attached hydrogens (tertiary/aromatic N) is 1. The van der Waals surface area contributed by atoms with Crippen LogP contribution in [-0.2, 0) is 22.9 Å². The number of hydrogen-bond acceptors (Lipinski definition) is 3. The quantitative estimate of drug-likeness (QED) is 0.892. The number of fused-ring (bicyclic) bond motifs is 1. The summed E-state index contributed by atoms with van der Waals surface area (Å²) in [5, 5.41) is 1.15. The lowest BCUT2D eigenvalue weighted by atomic mass is 10.1. The average molecular weight is 266 g/mol. The second kappa shape index (κ2) is 5.12. The maximum Gasteiger partial charge on any atom is 0.147 e. The summed E-state index contributed by atoms with van der Waals surface area (Å²) in [5.41, 5.74) is 7.95. The van der Waals surface area contributed by atoms with Crippen molar-refractivity contribution >= 4 is 20.7 Å². The van der Waals surface area contributed by atoms with Gasteiger partial charge in [-0.2, -0.15) is 0 Å². The monoisotopic (exact) mass is 266 g/mol. The third-order valence-electron chi connectivity index (χ3n) is 3.01. The lowest BCUT2D eigenvalue weighted by Crippen LogP contribution is -2.08. The number of hydrogen-bond donors (Lipinski definition) is 1. The molecule has 5 heteroatoms. The van der Waals surface area contributed by atoms with Crippen LogP contribution in [0.3, 0.4) is 0 Å². The van der Waals surface area contributed by atoms with Crippen molar-refractivity contribution < 1.29 is 8.42 Å². The molecule has 0 spiro atoms. The van der Waals surface area contributed by atoms with E-state index in [1.54, 1.807) is 0 Å². The number of rotatable bonds is 5. The van der Waals surface area contributed by atoms with E-state index in [4.69, 9.17) is 5.73 Å². The van der Waals surface area contributed by atoms with Crippen molar-refractivity contribution in [2.24, 2.45) is 5.73 Å². The highest BCUT2D eigenvalue weighted by Gasteiger charge is 2.07. The van der Waals surface area contributed by atoms with Gasteiger partial charge >= 0.3 is 0 Å². The first kappa shape index (κ1) is 13.1. The minimum absolute atomic E-state index is 0.220. The molecule has 4 nitrogen and oxygen atoms in total. The Bertz CT molecular complexity index is 644. The van der Waals surface area contributed by atoms with Crippen LogP contribution < -0.4 is 5.73 Å². The molecule has 2 aromatic rings. The molecular weight excluding hydrogens is 248 g/mol. The summed E-state index contributed by atoms with van der Waals surface area (Å²) < 4.78 is 24.3. The van der Waals surface area contributed by atoms with E-state index in [1.807, 2.05) is 30.5 Å². The summed E-state index contributed by atoms with van der Waals surface area (Å²) >= 11 is 0. The van der Waals surface area contributed by atoms with E-state index in [1.165, 1.54) is 6.26 Å². The average Bonchev–Trinajstić information content (AvgIpc) is 2.71. The largest absolute Gasteiger partial charge is 0.347 e. The van der Waals surface area contributed by atoms with Crippen LogP contribution >= 0.6 is 0 Å². The number of para-hydroxylation sites is 1. The molecule has 0 atom stereocenters. The molecule has 0 amide bonds. The maximum absolute atomic E-state index is 11.1. The van der Waals surface area contributed by atoms with Crippen LogP contribution in [0.1, 0.15) is 12.0 Å². The van der Waals surface area contributed by atoms with Crippen molar-refractivity contribution in [1.82, 2.24) is 4.57 Å². The molecule has 98 valence electrons. The van der Waals surface area contributed by atoms with E-state index in [0.717, 1.165) is 16.5 Å². The molecular formula is C13H18N2O2S. The Hall–Kier alpha value is -1.33. The lowest BCUT2D eigenvalue weighted by Gasteiger charge is -2.08. The molecule has 0 aliphatic heterocycles. The van der Waals surface area contributed by atoms with Crippen molar-refractivity contribution in [1.29, 1.82) is 0 Å². The van der Waals surface area contributed by atoms with Crippen molar-refractivity contribution in [2.75, 3.05) is 12.0 Å². The molecule has 1 heterocycles. The minimum atomic E-state index is -2.88. The zero-order valence-electron chi connectivity index (χ0n) is 10.5. The van der Waals surface area contributed by atoms with E-state index in [2.05, 4.69) is 4.57 Å². The Labute approximate surface area is 107 Å². The summed E-state index contributed by atoms with van der Waals surface area (Å²) in [6.07, 6.45) is 3.89. The van der Waals surface area contributed by atoms with E-state index < -0.39 is 9.84 Å².